The number of hydrogen-bond acceptors (Lipinski definition) is 3. The van der Waals surface area contributed by atoms with Crippen LogP contribution >= 0.6 is 11.6 Å². The standard InChI is InChI=1S/C18H16ClN3O2/c19-10-16-15(17(22-21-16)13-5-3-9-20-11-13)8-7-12-4-1-2-6-14(12)18(23)24/h1-6,9,11H,7-8,10H2,(H,21,22)(H,23,24). The van der Waals surface area contributed by atoms with Crippen molar-refractivity contribution in [3.8, 4) is 11.3 Å². The smallest absolute Gasteiger partial charge is 0.335 e. The van der Waals surface area contributed by atoms with E-state index in [0.717, 1.165) is 28.1 Å². The Balaban J connectivity index is 1.91. The third-order valence-electron chi connectivity index (χ3n) is 3.91. The van der Waals surface area contributed by atoms with Crippen LogP contribution in [0.2, 0.25) is 0 Å². The molecule has 2 heterocycles. The lowest BCUT2D eigenvalue weighted by Crippen LogP contribution is -2.04. The van der Waals surface area contributed by atoms with Crippen LogP contribution in [-0.4, -0.2) is 26.3 Å². The van der Waals surface area contributed by atoms with Crippen molar-refractivity contribution in [3.05, 3.63) is 71.2 Å². The first-order valence-corrected chi connectivity index (χ1v) is 8.08. The minimum Gasteiger partial charge on any atom is -0.478 e. The minimum atomic E-state index is -0.914. The average Bonchev–Trinajstić information content (AvgIpc) is 3.03. The maximum atomic E-state index is 11.3. The summed E-state index contributed by atoms with van der Waals surface area (Å²) in [6, 6.07) is 10.8. The van der Waals surface area contributed by atoms with Crippen LogP contribution in [0.3, 0.4) is 0 Å². The van der Waals surface area contributed by atoms with Gasteiger partial charge in [-0.25, -0.2) is 4.79 Å². The van der Waals surface area contributed by atoms with Gasteiger partial charge in [-0.1, -0.05) is 18.2 Å². The summed E-state index contributed by atoms with van der Waals surface area (Å²) in [7, 11) is 0. The molecule has 0 aliphatic rings. The number of halogens is 1. The van der Waals surface area contributed by atoms with Crippen molar-refractivity contribution >= 4 is 17.6 Å². The Morgan fingerprint density at radius 2 is 2.00 bits per heavy atom. The Hall–Kier alpha value is -2.66. The van der Waals surface area contributed by atoms with E-state index in [1.54, 1.807) is 24.5 Å². The normalized spacial score (nSPS) is 10.7. The maximum absolute atomic E-state index is 11.3. The van der Waals surface area contributed by atoms with E-state index < -0.39 is 5.97 Å². The summed E-state index contributed by atoms with van der Waals surface area (Å²) in [5.74, 6) is -0.591. The molecule has 6 heteroatoms. The number of alkyl halides is 1. The molecule has 0 amide bonds. The number of aromatic amines is 1. The van der Waals surface area contributed by atoms with Gasteiger partial charge in [0.15, 0.2) is 0 Å². The van der Waals surface area contributed by atoms with E-state index in [1.807, 2.05) is 24.3 Å². The second-order valence-corrected chi connectivity index (χ2v) is 5.63. The third-order valence-corrected chi connectivity index (χ3v) is 4.18. The number of carboxylic acids is 1. The number of aromatic nitrogens is 3. The van der Waals surface area contributed by atoms with Crippen molar-refractivity contribution in [3.63, 3.8) is 0 Å². The molecular formula is C18H16ClN3O2. The number of H-pyrrole nitrogens is 1. The molecule has 3 rings (SSSR count). The highest BCUT2D eigenvalue weighted by Gasteiger charge is 2.16. The molecule has 3 aromatic rings. The lowest BCUT2D eigenvalue weighted by Gasteiger charge is -2.08. The van der Waals surface area contributed by atoms with Crippen LogP contribution in [0.15, 0.2) is 48.8 Å². The molecule has 0 atom stereocenters. The fourth-order valence-corrected chi connectivity index (χ4v) is 2.95. The molecule has 0 aliphatic heterocycles. The number of nitrogens with zero attached hydrogens (tertiary/aromatic N) is 2. The van der Waals surface area contributed by atoms with Crippen molar-refractivity contribution in [2.24, 2.45) is 0 Å². The van der Waals surface area contributed by atoms with Crippen LogP contribution in [-0.2, 0) is 18.7 Å². The van der Waals surface area contributed by atoms with Crippen molar-refractivity contribution < 1.29 is 9.90 Å². The highest BCUT2D eigenvalue weighted by molar-refractivity contribution is 6.17. The van der Waals surface area contributed by atoms with Gasteiger partial charge in [0, 0.05) is 23.5 Å². The van der Waals surface area contributed by atoms with Gasteiger partial charge in [-0.2, -0.15) is 5.10 Å². The topological polar surface area (TPSA) is 78.9 Å². The third kappa shape index (κ3) is 3.31. The predicted molar refractivity (Wildman–Crippen MR) is 92.2 cm³/mol. The van der Waals surface area contributed by atoms with Crippen LogP contribution < -0.4 is 0 Å². The first-order valence-electron chi connectivity index (χ1n) is 7.54. The summed E-state index contributed by atoms with van der Waals surface area (Å²) < 4.78 is 0. The number of rotatable bonds is 6. The molecule has 0 unspecified atom stereocenters. The van der Waals surface area contributed by atoms with Gasteiger partial charge in [0.05, 0.1) is 22.8 Å². The van der Waals surface area contributed by atoms with Crippen molar-refractivity contribution in [1.29, 1.82) is 0 Å². The van der Waals surface area contributed by atoms with E-state index in [0.29, 0.717) is 24.3 Å². The molecule has 24 heavy (non-hydrogen) atoms. The van der Waals surface area contributed by atoms with Crippen LogP contribution in [0.4, 0.5) is 0 Å². The lowest BCUT2D eigenvalue weighted by molar-refractivity contribution is 0.0695. The fourth-order valence-electron chi connectivity index (χ4n) is 2.73. The van der Waals surface area contributed by atoms with E-state index >= 15 is 0 Å². The molecule has 0 spiro atoms. The number of hydrogen-bond donors (Lipinski definition) is 2. The summed E-state index contributed by atoms with van der Waals surface area (Å²) in [4.78, 5) is 15.5. The highest BCUT2D eigenvalue weighted by atomic mass is 35.5. The fraction of sp³-hybridized carbons (Fsp3) is 0.167. The summed E-state index contributed by atoms with van der Waals surface area (Å²) in [5.41, 5.74) is 4.69. The lowest BCUT2D eigenvalue weighted by atomic mass is 9.97. The first-order chi connectivity index (χ1) is 11.7. The van der Waals surface area contributed by atoms with Gasteiger partial charge in [0.2, 0.25) is 0 Å². The van der Waals surface area contributed by atoms with E-state index in [2.05, 4.69) is 15.2 Å². The van der Waals surface area contributed by atoms with Gasteiger partial charge in [0.25, 0.3) is 0 Å². The first kappa shape index (κ1) is 16.2. The van der Waals surface area contributed by atoms with E-state index in [1.165, 1.54) is 0 Å². The molecule has 5 nitrogen and oxygen atoms in total. The largest absolute Gasteiger partial charge is 0.478 e. The molecule has 0 saturated carbocycles. The zero-order chi connectivity index (χ0) is 16.9. The Bertz CT molecular complexity index is 846. The van der Waals surface area contributed by atoms with E-state index in [9.17, 15) is 9.90 Å². The second kappa shape index (κ2) is 7.27. The molecule has 0 aliphatic carbocycles. The average molecular weight is 342 g/mol. The van der Waals surface area contributed by atoms with Gasteiger partial charge in [-0.3, -0.25) is 10.1 Å². The molecule has 1 aromatic carbocycles. The number of pyridine rings is 1. The van der Waals surface area contributed by atoms with Gasteiger partial charge in [-0.05, 0) is 36.6 Å². The second-order valence-electron chi connectivity index (χ2n) is 5.37. The van der Waals surface area contributed by atoms with Crippen molar-refractivity contribution in [2.75, 3.05) is 0 Å². The number of benzene rings is 1. The molecule has 2 aromatic heterocycles. The molecule has 0 fully saturated rings. The van der Waals surface area contributed by atoms with Crippen LogP contribution in [0.5, 0.6) is 0 Å². The van der Waals surface area contributed by atoms with Crippen LogP contribution in [0.1, 0.15) is 27.2 Å². The number of nitrogens with one attached hydrogen (secondary N) is 1. The van der Waals surface area contributed by atoms with Crippen LogP contribution in [0, 0.1) is 0 Å². The van der Waals surface area contributed by atoms with Crippen molar-refractivity contribution in [2.45, 2.75) is 18.7 Å². The Morgan fingerprint density at radius 1 is 1.17 bits per heavy atom. The number of carboxylic acid groups (broad SMARTS) is 1. The Kier molecular flexibility index (Phi) is 4.91. The SMILES string of the molecule is O=C(O)c1ccccc1CCc1c(-c2cccnc2)n[nH]c1CCl. The van der Waals surface area contributed by atoms with Gasteiger partial charge >= 0.3 is 5.97 Å². The maximum Gasteiger partial charge on any atom is 0.335 e. The zero-order valence-electron chi connectivity index (χ0n) is 12.9. The molecule has 122 valence electrons. The summed E-state index contributed by atoms with van der Waals surface area (Å²) in [6.45, 7) is 0. The van der Waals surface area contributed by atoms with Crippen molar-refractivity contribution in [1.82, 2.24) is 15.2 Å². The monoisotopic (exact) mass is 341 g/mol. The highest BCUT2D eigenvalue weighted by Crippen LogP contribution is 2.26. The number of aromatic carboxylic acids is 1. The summed E-state index contributed by atoms with van der Waals surface area (Å²) >= 11 is 6.02. The zero-order valence-corrected chi connectivity index (χ0v) is 13.6. The van der Waals surface area contributed by atoms with E-state index in [-0.39, 0.29) is 0 Å². The summed E-state index contributed by atoms with van der Waals surface area (Å²) in [6.07, 6.45) is 4.70. The summed E-state index contributed by atoms with van der Waals surface area (Å²) in [5, 5.41) is 16.6. The Labute approximate surface area is 144 Å². The minimum absolute atomic E-state index is 0.323. The molecular weight excluding hydrogens is 326 g/mol. The van der Waals surface area contributed by atoms with Crippen LogP contribution in [0.25, 0.3) is 11.3 Å². The number of aryl methyl sites for hydroxylation is 1. The van der Waals surface area contributed by atoms with Gasteiger partial charge in [-0.15, -0.1) is 11.6 Å². The predicted octanol–water partition coefficient (Wildman–Crippen LogP) is 3.69. The van der Waals surface area contributed by atoms with E-state index in [4.69, 9.17) is 11.6 Å². The quantitative estimate of drug-likeness (QED) is 0.670. The molecule has 2 N–H and O–H groups in total. The molecule has 0 radical (unpaired) electrons. The van der Waals surface area contributed by atoms with Gasteiger partial charge < -0.3 is 5.11 Å². The Morgan fingerprint density at radius 3 is 2.71 bits per heavy atom. The molecule has 0 saturated heterocycles. The van der Waals surface area contributed by atoms with Gasteiger partial charge in [0.1, 0.15) is 0 Å². The number of carbonyl (C=O) groups is 1. The molecule has 0 bridgehead atoms.